The number of aromatic hydroxyl groups is 1. The molecule has 5 rings (SSSR count). The second kappa shape index (κ2) is 18.0. The molecule has 0 unspecified atom stereocenters. The van der Waals surface area contributed by atoms with Gasteiger partial charge in [-0.2, -0.15) is 0 Å². The largest absolute Gasteiger partial charge is 0.507 e. The SMILES string of the molecule is CCC(C)(C)c1cc(C(C)(C)CC)c2op(Oc3c(Cc4cc(C(C)(C)C)cc(C(C)(C)C)c4O)cc(C(C)(C)C)cc3C(C)(C)C)oc3c(C(C)(C)CC)cc(C(C)(C)CC)cc3c2c1. The lowest BCUT2D eigenvalue weighted by atomic mass is 9.74. The Morgan fingerprint density at radius 3 is 1.11 bits per heavy atom. The van der Waals surface area contributed by atoms with Crippen LogP contribution in [0.4, 0.5) is 0 Å². The minimum absolute atomic E-state index is 0.0675. The monoisotopic (exact) mass is 919 g/mol. The smallest absolute Gasteiger partial charge is 0.453 e. The first-order valence-electron chi connectivity index (χ1n) is 25.2. The van der Waals surface area contributed by atoms with Crippen molar-refractivity contribution in [2.24, 2.45) is 0 Å². The quantitative estimate of drug-likeness (QED) is 0.135. The molecule has 364 valence electrons. The van der Waals surface area contributed by atoms with Gasteiger partial charge in [0.05, 0.1) is 0 Å². The predicted octanol–water partition coefficient (Wildman–Crippen LogP) is 19.4. The summed E-state index contributed by atoms with van der Waals surface area (Å²) in [5.41, 5.74) is 11.7. The Kier molecular flexibility index (Phi) is 14.6. The first-order chi connectivity index (χ1) is 29.9. The molecule has 1 aromatic heterocycles. The summed E-state index contributed by atoms with van der Waals surface area (Å²) in [6.07, 6.45) is 4.35. The highest BCUT2D eigenvalue weighted by atomic mass is 31.1. The summed E-state index contributed by atoms with van der Waals surface area (Å²) in [6.45, 7) is 54.9. The average Bonchev–Trinajstić information content (AvgIpc) is 3.35. The Labute approximate surface area is 403 Å². The molecule has 1 N–H and O–H groups in total. The highest BCUT2D eigenvalue weighted by Gasteiger charge is 2.34. The van der Waals surface area contributed by atoms with Crippen molar-refractivity contribution in [3.8, 4) is 11.5 Å². The highest BCUT2D eigenvalue weighted by molar-refractivity contribution is 7.32. The first kappa shape index (κ1) is 53.3. The van der Waals surface area contributed by atoms with Gasteiger partial charge in [-0.05, 0) is 115 Å². The molecule has 0 aliphatic heterocycles. The Balaban J connectivity index is 2.07. The molecule has 0 aliphatic carbocycles. The second-order valence-corrected chi connectivity index (χ2v) is 27.5. The van der Waals surface area contributed by atoms with Crippen molar-refractivity contribution >= 4 is 30.2 Å². The van der Waals surface area contributed by atoms with E-state index >= 15 is 0 Å². The number of benzene rings is 4. The van der Waals surface area contributed by atoms with E-state index in [1.54, 1.807) is 0 Å². The molecule has 5 heteroatoms. The predicted molar refractivity (Wildman–Crippen MR) is 288 cm³/mol. The average molecular weight is 919 g/mol. The molecule has 0 fully saturated rings. The normalized spacial score (nSPS) is 13.8. The highest BCUT2D eigenvalue weighted by Crippen LogP contribution is 2.50. The lowest BCUT2D eigenvalue weighted by molar-refractivity contribution is 0.438. The fourth-order valence-electron chi connectivity index (χ4n) is 8.67. The molecule has 0 bridgehead atoms. The number of phenols is 1. The maximum Gasteiger partial charge on any atom is 0.453 e. The molecule has 0 saturated heterocycles. The third kappa shape index (κ3) is 10.8. The zero-order chi connectivity index (χ0) is 50.1. The van der Waals surface area contributed by atoms with Gasteiger partial charge in [0.25, 0.3) is 0 Å². The van der Waals surface area contributed by atoms with E-state index in [4.69, 9.17) is 12.9 Å². The van der Waals surface area contributed by atoms with Crippen molar-refractivity contribution in [3.05, 3.63) is 104 Å². The molecule has 1 heterocycles. The summed E-state index contributed by atoms with van der Waals surface area (Å²) in [7, 11) is -2.08. The van der Waals surface area contributed by atoms with E-state index in [1.807, 2.05) is 0 Å². The van der Waals surface area contributed by atoms with Crippen molar-refractivity contribution in [2.45, 2.75) is 242 Å². The fraction of sp³-hybridized carbons (Fsp3) is 0.607. The van der Waals surface area contributed by atoms with E-state index in [9.17, 15) is 5.11 Å². The summed E-state index contributed by atoms with van der Waals surface area (Å²) >= 11 is 0. The van der Waals surface area contributed by atoms with Crippen LogP contribution in [0.5, 0.6) is 11.5 Å². The van der Waals surface area contributed by atoms with Gasteiger partial charge in [0.15, 0.2) is 0 Å². The molecule has 0 saturated carbocycles. The van der Waals surface area contributed by atoms with Crippen LogP contribution in [0, 0.1) is 0 Å². The van der Waals surface area contributed by atoms with Gasteiger partial charge in [-0.15, -0.1) is 0 Å². The molecule has 0 radical (unpaired) electrons. The van der Waals surface area contributed by atoms with Crippen LogP contribution >= 0.6 is 8.24 Å². The van der Waals surface area contributed by atoms with E-state index in [1.165, 1.54) is 33.4 Å². The van der Waals surface area contributed by atoms with E-state index in [2.05, 4.69) is 215 Å². The summed E-state index contributed by atoms with van der Waals surface area (Å²) in [6, 6.07) is 18.7. The maximum atomic E-state index is 12.3. The van der Waals surface area contributed by atoms with Gasteiger partial charge < -0.3 is 18.0 Å². The van der Waals surface area contributed by atoms with E-state index < -0.39 is 8.24 Å². The van der Waals surface area contributed by atoms with Crippen LogP contribution < -0.4 is 4.52 Å². The standard InChI is InChI=1S/C61H91O4P/c1-25-58(17,18)42-32-44-45-33-43(59(19,20)26-2)37-49(61(23,24)28-4)53(45)65-66(64-52(44)48(36-42)60(21,22)27-3)63-51-39(31-41(55(8,9)10)35-47(51)57(14,15)16)29-38-30-40(54(5,6)7)34-46(50(38)62)56(11,12)13/h30-37,62H,25-29H2,1-24H3. The summed E-state index contributed by atoms with van der Waals surface area (Å²) in [5.74, 6) is 1.12. The van der Waals surface area contributed by atoms with Crippen LogP contribution in [0.3, 0.4) is 0 Å². The Morgan fingerprint density at radius 1 is 0.409 bits per heavy atom. The zero-order valence-corrected chi connectivity index (χ0v) is 47.2. The molecular weight excluding hydrogens is 828 g/mol. The van der Waals surface area contributed by atoms with Gasteiger partial charge in [-0.3, -0.25) is 0 Å². The van der Waals surface area contributed by atoms with Crippen molar-refractivity contribution in [1.29, 1.82) is 0 Å². The number of hydrogen-bond donors (Lipinski definition) is 1. The zero-order valence-electron chi connectivity index (χ0n) is 46.3. The van der Waals surface area contributed by atoms with E-state index in [-0.39, 0.29) is 43.3 Å². The number of hydrogen-bond acceptors (Lipinski definition) is 4. The molecule has 0 spiro atoms. The van der Waals surface area contributed by atoms with Crippen LogP contribution in [0.1, 0.15) is 247 Å². The third-order valence-electron chi connectivity index (χ3n) is 15.6. The number of phenolic OH excluding ortho intramolecular Hbond substituents is 1. The van der Waals surface area contributed by atoms with Gasteiger partial charge in [-0.25, -0.2) is 0 Å². The Bertz CT molecular complexity index is 2520. The number of rotatable bonds is 12. The summed E-state index contributed by atoms with van der Waals surface area (Å²) < 4.78 is 22.6. The van der Waals surface area contributed by atoms with E-state index in [0.717, 1.165) is 75.6 Å². The molecular formula is C61H91O4P. The third-order valence-corrected chi connectivity index (χ3v) is 16.6. The molecule has 4 aromatic carbocycles. The van der Waals surface area contributed by atoms with Gasteiger partial charge in [0.2, 0.25) is 0 Å². The van der Waals surface area contributed by atoms with Crippen molar-refractivity contribution in [3.63, 3.8) is 0 Å². The molecule has 4 nitrogen and oxygen atoms in total. The topological polar surface area (TPSA) is 55.7 Å². The van der Waals surface area contributed by atoms with E-state index in [0.29, 0.717) is 12.2 Å². The minimum Gasteiger partial charge on any atom is -0.507 e. The molecule has 66 heavy (non-hydrogen) atoms. The lowest BCUT2D eigenvalue weighted by Crippen LogP contribution is -2.21. The molecule has 5 aromatic rings. The Hall–Kier alpha value is -3.62. The van der Waals surface area contributed by atoms with Crippen LogP contribution in [-0.4, -0.2) is 5.11 Å². The van der Waals surface area contributed by atoms with Gasteiger partial charge in [-0.1, -0.05) is 203 Å². The van der Waals surface area contributed by atoms with Gasteiger partial charge in [0.1, 0.15) is 22.7 Å². The lowest BCUT2D eigenvalue weighted by Gasteiger charge is -2.30. The van der Waals surface area contributed by atoms with Gasteiger partial charge >= 0.3 is 8.24 Å². The fourth-order valence-corrected chi connectivity index (χ4v) is 9.84. The van der Waals surface area contributed by atoms with Gasteiger partial charge in [0, 0.05) is 39.4 Å². The second-order valence-electron chi connectivity index (χ2n) is 26.5. The Morgan fingerprint density at radius 2 is 0.758 bits per heavy atom. The molecule has 0 amide bonds. The molecule has 0 atom stereocenters. The van der Waals surface area contributed by atoms with Crippen LogP contribution in [0.2, 0.25) is 0 Å². The summed E-state index contributed by atoms with van der Waals surface area (Å²) in [4.78, 5) is 0. The minimum atomic E-state index is -2.08. The van der Waals surface area contributed by atoms with Crippen LogP contribution in [0.25, 0.3) is 21.9 Å². The van der Waals surface area contributed by atoms with Crippen molar-refractivity contribution in [2.75, 3.05) is 0 Å². The van der Waals surface area contributed by atoms with Crippen molar-refractivity contribution in [1.82, 2.24) is 0 Å². The van der Waals surface area contributed by atoms with Crippen LogP contribution in [0.15, 0.2) is 56.9 Å². The maximum absolute atomic E-state index is 12.3. The van der Waals surface area contributed by atoms with Crippen LogP contribution in [-0.2, 0) is 49.7 Å². The number of fused-ring (bicyclic) bond motifs is 3. The summed E-state index contributed by atoms with van der Waals surface area (Å²) in [5, 5.41) is 14.4. The van der Waals surface area contributed by atoms with Crippen molar-refractivity contribution < 1.29 is 18.0 Å². The first-order valence-corrected chi connectivity index (χ1v) is 26.3. The molecule has 0 aliphatic rings.